The van der Waals surface area contributed by atoms with Crippen LogP contribution < -0.4 is 5.14 Å². The Balaban J connectivity index is 1.54. The first-order valence-corrected chi connectivity index (χ1v) is 9.30. The average Bonchev–Trinajstić information content (AvgIpc) is 3.26. The van der Waals surface area contributed by atoms with Gasteiger partial charge in [0.1, 0.15) is 0 Å². The van der Waals surface area contributed by atoms with Gasteiger partial charge >= 0.3 is 0 Å². The number of hydrogen-bond donors (Lipinski definition) is 1. The highest BCUT2D eigenvalue weighted by Crippen LogP contribution is 2.54. The van der Waals surface area contributed by atoms with Crippen molar-refractivity contribution in [2.45, 2.75) is 23.2 Å². The van der Waals surface area contributed by atoms with Gasteiger partial charge in [-0.2, -0.15) is 4.98 Å². The van der Waals surface area contributed by atoms with Crippen molar-refractivity contribution in [1.29, 1.82) is 0 Å². The summed E-state index contributed by atoms with van der Waals surface area (Å²) < 4.78 is 54.9. The van der Waals surface area contributed by atoms with E-state index in [0.717, 1.165) is 18.1 Å². The van der Waals surface area contributed by atoms with E-state index >= 15 is 0 Å². The lowest BCUT2D eigenvalue weighted by atomic mass is 10.1. The maximum Gasteiger partial charge on any atom is 0.238 e. The molecule has 134 valence electrons. The maximum atomic E-state index is 13.8. The zero-order chi connectivity index (χ0) is 18.5. The maximum absolute atomic E-state index is 13.8. The van der Waals surface area contributed by atoms with E-state index in [1.54, 1.807) is 12.1 Å². The summed E-state index contributed by atoms with van der Waals surface area (Å²) in [6.07, 6.45) is 0.738. The van der Waals surface area contributed by atoms with Gasteiger partial charge in [0.05, 0.1) is 10.5 Å². The van der Waals surface area contributed by atoms with Gasteiger partial charge in [0.2, 0.25) is 21.7 Å². The molecule has 2 atom stereocenters. The number of sulfonamides is 1. The normalized spacial score (nSPS) is 19.5. The minimum Gasteiger partial charge on any atom is -0.339 e. The molecule has 1 aliphatic rings. The molecule has 1 saturated carbocycles. The number of benzene rings is 2. The van der Waals surface area contributed by atoms with E-state index in [1.807, 2.05) is 0 Å². The third-order valence-electron chi connectivity index (χ3n) is 4.38. The Bertz CT molecular complexity index is 1080. The molecule has 1 aliphatic carbocycles. The molecule has 0 radical (unpaired) electrons. The van der Waals surface area contributed by atoms with Crippen LogP contribution in [-0.4, -0.2) is 18.6 Å². The first kappa shape index (κ1) is 16.8. The molecule has 2 aromatic carbocycles. The first-order valence-electron chi connectivity index (χ1n) is 7.75. The third kappa shape index (κ3) is 2.99. The number of rotatable bonds is 4. The summed E-state index contributed by atoms with van der Waals surface area (Å²) in [5.74, 6) is -1.63. The van der Waals surface area contributed by atoms with Crippen molar-refractivity contribution >= 4 is 10.0 Å². The average molecular weight is 377 g/mol. The second kappa shape index (κ2) is 5.96. The van der Waals surface area contributed by atoms with Crippen molar-refractivity contribution < 1.29 is 21.7 Å². The molecule has 1 heterocycles. The molecular formula is C17H13F2N3O3S. The SMILES string of the molecule is NS(=O)(=O)c1ccc([C@@H]2C[C@H]2c2nc(-c3cccc(F)c3F)no2)cc1. The predicted molar refractivity (Wildman–Crippen MR) is 87.6 cm³/mol. The smallest absolute Gasteiger partial charge is 0.238 e. The van der Waals surface area contributed by atoms with Crippen molar-refractivity contribution in [3.63, 3.8) is 0 Å². The van der Waals surface area contributed by atoms with Crippen LogP contribution in [0.4, 0.5) is 8.78 Å². The van der Waals surface area contributed by atoms with Gasteiger partial charge in [-0.05, 0) is 42.2 Å². The molecule has 1 fully saturated rings. The van der Waals surface area contributed by atoms with Crippen LogP contribution in [0.25, 0.3) is 11.4 Å². The Morgan fingerprint density at radius 2 is 1.81 bits per heavy atom. The monoisotopic (exact) mass is 377 g/mol. The quantitative estimate of drug-likeness (QED) is 0.754. The van der Waals surface area contributed by atoms with E-state index in [4.69, 9.17) is 9.66 Å². The number of nitrogens with zero attached hydrogens (tertiary/aromatic N) is 2. The zero-order valence-electron chi connectivity index (χ0n) is 13.3. The summed E-state index contributed by atoms with van der Waals surface area (Å²) in [6, 6.07) is 10.0. The molecule has 6 nitrogen and oxygen atoms in total. The molecule has 0 aliphatic heterocycles. The van der Waals surface area contributed by atoms with Gasteiger partial charge in [0.25, 0.3) is 0 Å². The van der Waals surface area contributed by atoms with Crippen LogP contribution in [0.1, 0.15) is 29.7 Å². The molecule has 2 N–H and O–H groups in total. The van der Waals surface area contributed by atoms with Crippen LogP contribution in [0, 0.1) is 11.6 Å². The number of hydrogen-bond acceptors (Lipinski definition) is 5. The van der Waals surface area contributed by atoms with Gasteiger partial charge in [-0.3, -0.25) is 0 Å². The molecule has 0 amide bonds. The van der Waals surface area contributed by atoms with Crippen LogP contribution in [0.2, 0.25) is 0 Å². The van der Waals surface area contributed by atoms with E-state index in [-0.39, 0.29) is 28.1 Å². The zero-order valence-corrected chi connectivity index (χ0v) is 14.1. The number of aromatic nitrogens is 2. The van der Waals surface area contributed by atoms with Crippen LogP contribution >= 0.6 is 0 Å². The summed E-state index contributed by atoms with van der Waals surface area (Å²) in [4.78, 5) is 4.22. The molecule has 0 spiro atoms. The largest absolute Gasteiger partial charge is 0.339 e. The van der Waals surface area contributed by atoms with E-state index in [9.17, 15) is 17.2 Å². The Labute approximate surface area is 147 Å². The van der Waals surface area contributed by atoms with Gasteiger partial charge in [-0.25, -0.2) is 22.3 Å². The van der Waals surface area contributed by atoms with Crippen molar-refractivity contribution in [2.75, 3.05) is 0 Å². The third-order valence-corrected chi connectivity index (χ3v) is 5.31. The van der Waals surface area contributed by atoms with Crippen LogP contribution in [0.5, 0.6) is 0 Å². The molecule has 0 saturated heterocycles. The Morgan fingerprint density at radius 1 is 1.08 bits per heavy atom. The van der Waals surface area contributed by atoms with E-state index in [1.165, 1.54) is 24.3 Å². The summed E-state index contributed by atoms with van der Waals surface area (Å²) in [5.41, 5.74) is 0.855. The molecule has 9 heteroatoms. The number of nitrogens with two attached hydrogens (primary N) is 1. The molecular weight excluding hydrogens is 364 g/mol. The van der Waals surface area contributed by atoms with Crippen LogP contribution in [0.3, 0.4) is 0 Å². The standard InChI is InChI=1S/C17H13F2N3O3S/c18-14-3-1-2-11(15(14)19)16-21-17(25-22-16)13-8-12(13)9-4-6-10(7-5-9)26(20,23)24/h1-7,12-13H,8H2,(H2,20,23,24)/t12-,13+/m0/s1. The van der Waals surface area contributed by atoms with Crippen molar-refractivity contribution in [3.8, 4) is 11.4 Å². The lowest BCUT2D eigenvalue weighted by molar-refractivity contribution is 0.378. The second-order valence-corrected chi connectivity index (χ2v) is 7.68. The fourth-order valence-electron chi connectivity index (χ4n) is 2.91. The Hall–Kier alpha value is -2.65. The van der Waals surface area contributed by atoms with Crippen LogP contribution in [0.15, 0.2) is 51.9 Å². The Morgan fingerprint density at radius 3 is 2.50 bits per heavy atom. The molecule has 0 unspecified atom stereocenters. The van der Waals surface area contributed by atoms with E-state index in [2.05, 4.69) is 10.1 Å². The van der Waals surface area contributed by atoms with Crippen molar-refractivity contribution in [2.24, 2.45) is 5.14 Å². The highest BCUT2D eigenvalue weighted by atomic mass is 32.2. The molecule has 3 aromatic rings. The first-order chi connectivity index (χ1) is 12.3. The van der Waals surface area contributed by atoms with Crippen molar-refractivity contribution in [1.82, 2.24) is 10.1 Å². The second-order valence-electron chi connectivity index (χ2n) is 6.12. The molecule has 26 heavy (non-hydrogen) atoms. The minimum absolute atomic E-state index is 0.00720. The topological polar surface area (TPSA) is 99.1 Å². The van der Waals surface area contributed by atoms with Gasteiger partial charge in [0, 0.05) is 5.92 Å². The lowest BCUT2D eigenvalue weighted by Crippen LogP contribution is -2.11. The highest BCUT2D eigenvalue weighted by molar-refractivity contribution is 7.89. The highest BCUT2D eigenvalue weighted by Gasteiger charge is 2.44. The molecule has 4 rings (SSSR count). The van der Waals surface area contributed by atoms with Crippen LogP contribution in [-0.2, 0) is 10.0 Å². The van der Waals surface area contributed by atoms with E-state index in [0.29, 0.717) is 5.89 Å². The predicted octanol–water partition coefficient (Wildman–Crippen LogP) is 2.93. The summed E-state index contributed by atoms with van der Waals surface area (Å²) >= 11 is 0. The minimum atomic E-state index is -3.73. The van der Waals surface area contributed by atoms with Gasteiger partial charge in [-0.1, -0.05) is 23.4 Å². The number of halogens is 2. The summed E-state index contributed by atoms with van der Waals surface area (Å²) in [6.45, 7) is 0. The fourth-order valence-corrected chi connectivity index (χ4v) is 3.43. The van der Waals surface area contributed by atoms with Crippen molar-refractivity contribution in [3.05, 3.63) is 65.6 Å². The number of primary sulfonamides is 1. The van der Waals surface area contributed by atoms with Gasteiger partial charge in [-0.15, -0.1) is 0 Å². The Kier molecular flexibility index (Phi) is 3.85. The molecule has 1 aromatic heterocycles. The van der Waals surface area contributed by atoms with Gasteiger partial charge in [0.15, 0.2) is 11.6 Å². The van der Waals surface area contributed by atoms with E-state index < -0.39 is 21.7 Å². The fraction of sp³-hybridized carbons (Fsp3) is 0.176. The lowest BCUT2D eigenvalue weighted by Gasteiger charge is -2.01. The summed E-state index contributed by atoms with van der Waals surface area (Å²) in [7, 11) is -3.73. The summed E-state index contributed by atoms with van der Waals surface area (Å²) in [5, 5.41) is 8.81. The van der Waals surface area contributed by atoms with Gasteiger partial charge < -0.3 is 4.52 Å². The molecule has 0 bridgehead atoms.